The van der Waals surface area contributed by atoms with Gasteiger partial charge in [-0.25, -0.2) is 0 Å². The highest BCUT2D eigenvalue weighted by Crippen LogP contribution is 2.18. The van der Waals surface area contributed by atoms with Gasteiger partial charge >= 0.3 is 0 Å². The summed E-state index contributed by atoms with van der Waals surface area (Å²) in [6.45, 7) is 8.32. The molecule has 1 aliphatic carbocycles. The van der Waals surface area contributed by atoms with Crippen molar-refractivity contribution in [3.63, 3.8) is 0 Å². The minimum Gasteiger partial charge on any atom is -0.390 e. The summed E-state index contributed by atoms with van der Waals surface area (Å²) in [7, 11) is 0. The predicted octanol–water partition coefficient (Wildman–Crippen LogP) is 2.00. The molecular formula is C14H30N2O. The third kappa shape index (κ3) is 7.74. The molecule has 1 fully saturated rings. The number of rotatable bonds is 11. The molecule has 0 radical (unpaired) electrons. The minimum absolute atomic E-state index is 0.204. The highest BCUT2D eigenvalue weighted by atomic mass is 16.3. The molecule has 0 aliphatic heterocycles. The molecule has 17 heavy (non-hydrogen) atoms. The summed E-state index contributed by atoms with van der Waals surface area (Å²) in [6.07, 6.45) is 7.34. The molecule has 0 aromatic carbocycles. The van der Waals surface area contributed by atoms with Crippen LogP contribution < -0.4 is 5.32 Å². The van der Waals surface area contributed by atoms with Gasteiger partial charge in [0.05, 0.1) is 6.10 Å². The van der Waals surface area contributed by atoms with Gasteiger partial charge in [-0.3, -0.25) is 0 Å². The third-order valence-electron chi connectivity index (χ3n) is 3.34. The van der Waals surface area contributed by atoms with Gasteiger partial charge in [-0.1, -0.05) is 26.7 Å². The maximum Gasteiger partial charge on any atom is 0.0791 e. The zero-order valence-corrected chi connectivity index (χ0v) is 11.6. The van der Waals surface area contributed by atoms with Gasteiger partial charge in [0.15, 0.2) is 0 Å². The highest BCUT2D eigenvalue weighted by molar-refractivity contribution is 4.82. The van der Waals surface area contributed by atoms with Gasteiger partial charge in [-0.2, -0.15) is 0 Å². The van der Waals surface area contributed by atoms with E-state index in [0.717, 1.165) is 26.2 Å². The van der Waals surface area contributed by atoms with Crippen molar-refractivity contribution < 1.29 is 5.11 Å². The molecule has 3 nitrogen and oxygen atoms in total. The number of unbranched alkanes of at least 4 members (excludes halogenated alkanes) is 2. The average molecular weight is 242 g/mol. The van der Waals surface area contributed by atoms with E-state index in [-0.39, 0.29) is 6.10 Å². The minimum atomic E-state index is -0.204. The standard InChI is InChI=1S/C14H30N2O/c1-3-5-9-16(10-6-4-2)12-14(17)11-15-13-7-8-13/h13-15,17H,3-12H2,1-2H3. The van der Waals surface area contributed by atoms with Crippen molar-refractivity contribution in [2.45, 2.75) is 64.5 Å². The van der Waals surface area contributed by atoms with Crippen LogP contribution in [0.2, 0.25) is 0 Å². The number of aliphatic hydroxyl groups is 1. The van der Waals surface area contributed by atoms with Crippen molar-refractivity contribution in [3.05, 3.63) is 0 Å². The van der Waals surface area contributed by atoms with Crippen LogP contribution in [0.4, 0.5) is 0 Å². The van der Waals surface area contributed by atoms with Crippen molar-refractivity contribution >= 4 is 0 Å². The molecule has 1 atom stereocenters. The summed E-state index contributed by atoms with van der Waals surface area (Å²) in [6, 6.07) is 0.699. The molecule has 0 bridgehead atoms. The summed E-state index contributed by atoms with van der Waals surface area (Å²) in [5.74, 6) is 0. The summed E-state index contributed by atoms with van der Waals surface area (Å²) in [5.41, 5.74) is 0. The molecule has 1 aliphatic rings. The van der Waals surface area contributed by atoms with Gasteiger partial charge in [0.1, 0.15) is 0 Å². The Kier molecular flexibility index (Phi) is 7.82. The lowest BCUT2D eigenvalue weighted by atomic mass is 10.2. The van der Waals surface area contributed by atoms with E-state index < -0.39 is 0 Å². The molecule has 1 rings (SSSR count). The van der Waals surface area contributed by atoms with Crippen LogP contribution >= 0.6 is 0 Å². The predicted molar refractivity (Wildman–Crippen MR) is 73.3 cm³/mol. The quantitative estimate of drug-likeness (QED) is 0.582. The van der Waals surface area contributed by atoms with Crippen molar-refractivity contribution in [3.8, 4) is 0 Å². The van der Waals surface area contributed by atoms with Crippen LogP contribution in [-0.2, 0) is 0 Å². The second-order valence-electron chi connectivity index (χ2n) is 5.34. The van der Waals surface area contributed by atoms with Crippen LogP contribution in [0.25, 0.3) is 0 Å². The van der Waals surface area contributed by atoms with E-state index in [0.29, 0.717) is 6.04 Å². The fraction of sp³-hybridized carbons (Fsp3) is 1.00. The number of nitrogens with zero attached hydrogens (tertiary/aromatic N) is 1. The highest BCUT2D eigenvalue weighted by Gasteiger charge is 2.21. The number of hydrogen-bond acceptors (Lipinski definition) is 3. The summed E-state index contributed by atoms with van der Waals surface area (Å²) in [4.78, 5) is 2.42. The first-order chi connectivity index (χ1) is 8.26. The number of nitrogens with one attached hydrogen (secondary N) is 1. The molecular weight excluding hydrogens is 212 g/mol. The molecule has 0 heterocycles. The molecule has 1 saturated carbocycles. The van der Waals surface area contributed by atoms with Gasteiger partial charge < -0.3 is 15.3 Å². The summed E-state index contributed by atoms with van der Waals surface area (Å²) >= 11 is 0. The van der Waals surface area contributed by atoms with Crippen molar-refractivity contribution in [2.24, 2.45) is 0 Å². The first-order valence-corrected chi connectivity index (χ1v) is 7.40. The van der Waals surface area contributed by atoms with E-state index in [1.165, 1.54) is 38.5 Å². The Bertz CT molecular complexity index is 175. The topological polar surface area (TPSA) is 35.5 Å². The van der Waals surface area contributed by atoms with Crippen LogP contribution in [0.15, 0.2) is 0 Å². The summed E-state index contributed by atoms with van der Waals surface area (Å²) < 4.78 is 0. The van der Waals surface area contributed by atoms with Crippen LogP contribution in [0, 0.1) is 0 Å². The lowest BCUT2D eigenvalue weighted by molar-refractivity contribution is 0.109. The van der Waals surface area contributed by atoms with Gasteiger partial charge in [-0.15, -0.1) is 0 Å². The van der Waals surface area contributed by atoms with Gasteiger partial charge in [0.2, 0.25) is 0 Å². The monoisotopic (exact) mass is 242 g/mol. The molecule has 1 unspecified atom stereocenters. The van der Waals surface area contributed by atoms with Gasteiger partial charge in [-0.05, 0) is 38.8 Å². The Morgan fingerprint density at radius 2 is 1.76 bits per heavy atom. The molecule has 0 aromatic rings. The first kappa shape index (κ1) is 14.9. The summed E-state index contributed by atoms with van der Waals surface area (Å²) in [5, 5.41) is 13.4. The molecule has 3 heteroatoms. The van der Waals surface area contributed by atoms with Crippen molar-refractivity contribution in [1.29, 1.82) is 0 Å². The van der Waals surface area contributed by atoms with Gasteiger partial charge in [0.25, 0.3) is 0 Å². The Balaban J connectivity index is 2.13. The van der Waals surface area contributed by atoms with Crippen LogP contribution in [-0.4, -0.2) is 48.3 Å². The van der Waals surface area contributed by atoms with E-state index in [2.05, 4.69) is 24.1 Å². The smallest absolute Gasteiger partial charge is 0.0791 e. The molecule has 102 valence electrons. The second kappa shape index (κ2) is 8.90. The Morgan fingerprint density at radius 3 is 2.24 bits per heavy atom. The fourth-order valence-electron chi connectivity index (χ4n) is 2.01. The van der Waals surface area contributed by atoms with Gasteiger partial charge in [0, 0.05) is 19.1 Å². The second-order valence-corrected chi connectivity index (χ2v) is 5.34. The molecule has 0 amide bonds. The van der Waals surface area contributed by atoms with Crippen molar-refractivity contribution in [1.82, 2.24) is 10.2 Å². The molecule has 0 spiro atoms. The molecule has 0 saturated heterocycles. The average Bonchev–Trinajstić information content (AvgIpc) is 3.14. The normalized spacial score (nSPS) is 17.6. The number of aliphatic hydroxyl groups excluding tert-OH is 1. The van der Waals surface area contributed by atoms with E-state index in [1.807, 2.05) is 0 Å². The SMILES string of the molecule is CCCCN(CCCC)CC(O)CNC1CC1. The third-order valence-corrected chi connectivity index (χ3v) is 3.34. The van der Waals surface area contributed by atoms with E-state index in [4.69, 9.17) is 0 Å². The van der Waals surface area contributed by atoms with Crippen LogP contribution in [0.5, 0.6) is 0 Å². The first-order valence-electron chi connectivity index (χ1n) is 7.40. The number of hydrogen-bond donors (Lipinski definition) is 2. The Hall–Kier alpha value is -0.120. The Morgan fingerprint density at radius 1 is 1.18 bits per heavy atom. The zero-order valence-electron chi connectivity index (χ0n) is 11.6. The van der Waals surface area contributed by atoms with Crippen molar-refractivity contribution in [2.75, 3.05) is 26.2 Å². The maximum atomic E-state index is 9.99. The fourth-order valence-corrected chi connectivity index (χ4v) is 2.01. The molecule has 0 aromatic heterocycles. The largest absolute Gasteiger partial charge is 0.390 e. The maximum absolute atomic E-state index is 9.99. The zero-order chi connectivity index (χ0) is 12.5. The van der Waals surface area contributed by atoms with E-state index in [1.54, 1.807) is 0 Å². The van der Waals surface area contributed by atoms with Crippen LogP contribution in [0.3, 0.4) is 0 Å². The van der Waals surface area contributed by atoms with E-state index in [9.17, 15) is 5.11 Å². The Labute approximate surface area is 107 Å². The lowest BCUT2D eigenvalue weighted by Crippen LogP contribution is -2.39. The lowest BCUT2D eigenvalue weighted by Gasteiger charge is -2.25. The molecule has 2 N–H and O–H groups in total. The van der Waals surface area contributed by atoms with Crippen LogP contribution in [0.1, 0.15) is 52.4 Å². The van der Waals surface area contributed by atoms with E-state index >= 15 is 0 Å².